The molecule has 1 fully saturated rings. The van der Waals surface area contributed by atoms with Crippen molar-refractivity contribution in [3.8, 4) is 5.75 Å². The van der Waals surface area contributed by atoms with Gasteiger partial charge in [0.2, 0.25) is 0 Å². The minimum absolute atomic E-state index is 0.0279. The normalized spacial score (nSPS) is 25.8. The molecule has 1 aliphatic carbocycles. The molecule has 0 bridgehead atoms. The molecule has 4 heteroatoms. The predicted octanol–water partition coefficient (Wildman–Crippen LogP) is 4.39. The highest BCUT2D eigenvalue weighted by molar-refractivity contribution is 8.02. The van der Waals surface area contributed by atoms with Crippen LogP contribution in [0.4, 0.5) is 0 Å². The molecule has 1 saturated carbocycles. The first-order chi connectivity index (χ1) is 12.2. The van der Waals surface area contributed by atoms with Crippen molar-refractivity contribution in [3.05, 3.63) is 76.8 Å². The van der Waals surface area contributed by atoms with Gasteiger partial charge in [0.25, 0.3) is 0 Å². The average Bonchev–Trinajstić information content (AvgIpc) is 3.31. The van der Waals surface area contributed by atoms with Crippen LogP contribution in [0.25, 0.3) is 0 Å². The van der Waals surface area contributed by atoms with Gasteiger partial charge >= 0.3 is 0 Å². The lowest BCUT2D eigenvalue weighted by molar-refractivity contribution is 0.414. The lowest BCUT2D eigenvalue weighted by Gasteiger charge is -2.21. The van der Waals surface area contributed by atoms with Crippen molar-refractivity contribution in [2.24, 2.45) is 11.7 Å². The molecule has 2 aromatic rings. The monoisotopic (exact) mass is 352 g/mol. The number of ether oxygens (including phenoxy) is 1. The van der Waals surface area contributed by atoms with E-state index in [0.717, 1.165) is 18.1 Å². The Bertz CT molecular complexity index is 744. The van der Waals surface area contributed by atoms with E-state index in [-0.39, 0.29) is 5.50 Å². The Morgan fingerprint density at radius 3 is 2.56 bits per heavy atom. The van der Waals surface area contributed by atoms with Crippen LogP contribution in [0.1, 0.15) is 35.8 Å². The number of benzene rings is 2. The molecule has 4 atom stereocenters. The van der Waals surface area contributed by atoms with Crippen LogP contribution in [-0.2, 0) is 0 Å². The molecular weight excluding hydrogens is 328 g/mol. The van der Waals surface area contributed by atoms with Crippen molar-refractivity contribution in [1.82, 2.24) is 5.32 Å². The quantitative estimate of drug-likeness (QED) is 0.809. The van der Waals surface area contributed by atoms with Gasteiger partial charge in [0.1, 0.15) is 11.2 Å². The molecule has 0 amide bonds. The maximum Gasteiger partial charge on any atom is 0.127 e. The van der Waals surface area contributed by atoms with E-state index >= 15 is 0 Å². The zero-order valence-electron chi connectivity index (χ0n) is 14.4. The van der Waals surface area contributed by atoms with E-state index < -0.39 is 0 Å². The van der Waals surface area contributed by atoms with E-state index in [1.807, 2.05) is 12.1 Å². The fraction of sp³-hybridized carbons (Fsp3) is 0.333. The molecule has 3 nitrogen and oxygen atoms in total. The predicted molar refractivity (Wildman–Crippen MR) is 104 cm³/mol. The van der Waals surface area contributed by atoms with Gasteiger partial charge in [0.15, 0.2) is 0 Å². The van der Waals surface area contributed by atoms with E-state index in [4.69, 9.17) is 10.5 Å². The molecule has 0 spiro atoms. The number of rotatable bonds is 6. The molecule has 4 rings (SSSR count). The molecule has 3 N–H and O–H groups in total. The smallest absolute Gasteiger partial charge is 0.127 e. The Balaban J connectivity index is 1.52. The van der Waals surface area contributed by atoms with Gasteiger partial charge in [-0.15, -0.1) is 0 Å². The zero-order valence-corrected chi connectivity index (χ0v) is 15.2. The molecule has 4 unspecified atom stereocenters. The van der Waals surface area contributed by atoms with Gasteiger partial charge in [0, 0.05) is 11.6 Å². The van der Waals surface area contributed by atoms with Crippen molar-refractivity contribution >= 4 is 11.8 Å². The topological polar surface area (TPSA) is 47.3 Å². The average molecular weight is 353 g/mol. The third-order valence-corrected chi connectivity index (χ3v) is 6.03. The first-order valence-corrected chi connectivity index (χ1v) is 9.75. The van der Waals surface area contributed by atoms with Gasteiger partial charge in [-0.2, -0.15) is 0 Å². The van der Waals surface area contributed by atoms with Crippen LogP contribution in [0, 0.1) is 5.92 Å². The highest BCUT2D eigenvalue weighted by Gasteiger charge is 2.40. The van der Waals surface area contributed by atoms with Crippen LogP contribution in [-0.4, -0.2) is 12.6 Å². The summed E-state index contributed by atoms with van der Waals surface area (Å²) in [7, 11) is 1.71. The van der Waals surface area contributed by atoms with Crippen LogP contribution >= 0.6 is 11.8 Å². The number of nitrogens with one attached hydrogen (secondary N) is 1. The summed E-state index contributed by atoms with van der Waals surface area (Å²) in [6, 6.07) is 19.3. The molecule has 2 aliphatic rings. The van der Waals surface area contributed by atoms with E-state index in [0.29, 0.717) is 11.8 Å². The number of hydrogen-bond donors (Lipinski definition) is 2. The Labute approximate surface area is 153 Å². The molecule has 25 heavy (non-hydrogen) atoms. The Kier molecular flexibility index (Phi) is 4.73. The summed E-state index contributed by atoms with van der Waals surface area (Å²) < 4.78 is 5.31. The summed E-state index contributed by atoms with van der Waals surface area (Å²) in [5.41, 5.74) is 10.1. The Morgan fingerprint density at radius 2 is 1.92 bits per heavy atom. The molecule has 130 valence electrons. The third kappa shape index (κ3) is 3.70. The maximum atomic E-state index is 6.03. The van der Waals surface area contributed by atoms with E-state index in [9.17, 15) is 0 Å². The minimum atomic E-state index is -0.0279. The largest absolute Gasteiger partial charge is 0.497 e. The molecule has 1 heterocycles. The molecular formula is C21H24N2OS. The highest BCUT2D eigenvalue weighted by atomic mass is 32.2. The van der Waals surface area contributed by atoms with Crippen molar-refractivity contribution in [3.63, 3.8) is 0 Å². The number of methoxy groups -OCH3 is 1. The van der Waals surface area contributed by atoms with Crippen molar-refractivity contribution in [2.75, 3.05) is 7.11 Å². The second-order valence-corrected chi connectivity index (χ2v) is 7.86. The minimum Gasteiger partial charge on any atom is -0.497 e. The standard InChI is InChI=1S/C21H24N2OS/c1-24-17-9-7-15(8-10-17)19(20-13-25-21(22)23-20)12-16-11-18(16)14-5-3-2-4-6-14/h2-10,13,16,18-19,21,23H,11-12,22H2,1H3. The summed E-state index contributed by atoms with van der Waals surface area (Å²) in [6.45, 7) is 0. The lowest BCUT2D eigenvalue weighted by Crippen LogP contribution is -2.31. The number of hydrogen-bond acceptors (Lipinski definition) is 4. The highest BCUT2D eigenvalue weighted by Crippen LogP contribution is 2.53. The van der Waals surface area contributed by atoms with Crippen LogP contribution in [0.3, 0.4) is 0 Å². The summed E-state index contributed by atoms with van der Waals surface area (Å²) >= 11 is 1.66. The fourth-order valence-corrected chi connectivity index (χ4v) is 4.49. The zero-order chi connectivity index (χ0) is 17.2. The molecule has 0 saturated heterocycles. The molecule has 1 aliphatic heterocycles. The van der Waals surface area contributed by atoms with Crippen LogP contribution in [0.2, 0.25) is 0 Å². The molecule has 2 aromatic carbocycles. The Hall–Kier alpha value is -1.91. The van der Waals surface area contributed by atoms with Crippen LogP contribution in [0.5, 0.6) is 5.75 Å². The van der Waals surface area contributed by atoms with E-state index in [2.05, 4.69) is 53.2 Å². The van der Waals surface area contributed by atoms with Gasteiger partial charge in [0.05, 0.1) is 7.11 Å². The third-order valence-electron chi connectivity index (χ3n) is 5.23. The van der Waals surface area contributed by atoms with Gasteiger partial charge in [-0.1, -0.05) is 54.2 Å². The second-order valence-electron chi connectivity index (χ2n) is 6.85. The van der Waals surface area contributed by atoms with E-state index in [1.165, 1.54) is 23.2 Å². The molecule has 0 aromatic heterocycles. The number of allylic oxidation sites excluding steroid dienone is 1. The lowest BCUT2D eigenvalue weighted by atomic mass is 9.89. The molecule has 0 radical (unpaired) electrons. The fourth-order valence-electron chi connectivity index (χ4n) is 3.76. The van der Waals surface area contributed by atoms with Crippen LogP contribution in [0.15, 0.2) is 65.7 Å². The first-order valence-electron chi connectivity index (χ1n) is 8.81. The maximum absolute atomic E-state index is 6.03. The Morgan fingerprint density at radius 1 is 1.16 bits per heavy atom. The number of thioether (sulfide) groups is 1. The van der Waals surface area contributed by atoms with Crippen molar-refractivity contribution < 1.29 is 4.74 Å². The van der Waals surface area contributed by atoms with Crippen LogP contribution < -0.4 is 15.8 Å². The summed E-state index contributed by atoms with van der Waals surface area (Å²) in [4.78, 5) is 0. The van der Waals surface area contributed by atoms with Gasteiger partial charge < -0.3 is 15.8 Å². The van der Waals surface area contributed by atoms with Crippen molar-refractivity contribution in [2.45, 2.75) is 30.2 Å². The second kappa shape index (κ2) is 7.14. The van der Waals surface area contributed by atoms with Gasteiger partial charge in [-0.05, 0) is 53.3 Å². The SMILES string of the molecule is COc1ccc(C(CC2CC2c2ccccc2)C2=CSC(N)N2)cc1. The summed E-state index contributed by atoms with van der Waals surface area (Å²) in [5, 5.41) is 5.63. The van der Waals surface area contributed by atoms with Crippen molar-refractivity contribution in [1.29, 1.82) is 0 Å². The van der Waals surface area contributed by atoms with Gasteiger partial charge in [-0.25, -0.2) is 0 Å². The summed E-state index contributed by atoms with van der Waals surface area (Å²) in [5.74, 6) is 2.70. The van der Waals surface area contributed by atoms with E-state index in [1.54, 1.807) is 18.9 Å². The first kappa shape index (κ1) is 16.6. The number of nitrogens with two attached hydrogens (primary N) is 1. The summed E-state index contributed by atoms with van der Waals surface area (Å²) in [6.07, 6.45) is 2.43. The van der Waals surface area contributed by atoms with Gasteiger partial charge in [-0.3, -0.25) is 0 Å².